The summed E-state index contributed by atoms with van der Waals surface area (Å²) in [5.74, 6) is -0.0943. The molecule has 0 amide bonds. The van der Waals surface area contributed by atoms with Crippen LogP contribution in [0.1, 0.15) is 31.1 Å². The van der Waals surface area contributed by atoms with E-state index in [0.717, 1.165) is 52.4 Å². The van der Waals surface area contributed by atoms with Gasteiger partial charge in [0.1, 0.15) is 36.9 Å². The lowest BCUT2D eigenvalue weighted by Crippen LogP contribution is -2.50. The molecule has 0 bridgehead atoms. The van der Waals surface area contributed by atoms with Gasteiger partial charge >= 0.3 is 11.9 Å². The van der Waals surface area contributed by atoms with Crippen molar-refractivity contribution < 1.29 is 33.3 Å². The van der Waals surface area contributed by atoms with Crippen molar-refractivity contribution in [3.05, 3.63) is 84.4 Å². The number of nitrogens with zero attached hydrogens (tertiary/aromatic N) is 4. The van der Waals surface area contributed by atoms with Crippen LogP contribution in [0, 0.1) is 0 Å². The summed E-state index contributed by atoms with van der Waals surface area (Å²) in [5.41, 5.74) is 2.80. The van der Waals surface area contributed by atoms with Crippen LogP contribution in [0.5, 0.6) is 11.5 Å². The van der Waals surface area contributed by atoms with E-state index in [1.165, 1.54) is 32.1 Å². The fraction of sp³-hybridized carbons (Fsp3) is 0.447. The summed E-state index contributed by atoms with van der Waals surface area (Å²) in [7, 11) is 0. The number of hydrogen-bond donors (Lipinski definition) is 0. The zero-order valence-corrected chi connectivity index (χ0v) is 28.8. The number of piperazine rings is 2. The van der Waals surface area contributed by atoms with Gasteiger partial charge in [-0.3, -0.25) is 24.2 Å². The first-order chi connectivity index (χ1) is 23.7. The minimum absolute atomic E-state index is 0.0766. The van der Waals surface area contributed by atoms with E-state index >= 15 is 0 Å². The van der Waals surface area contributed by atoms with Crippen molar-refractivity contribution in [3.63, 3.8) is 0 Å². The van der Waals surface area contributed by atoms with Gasteiger partial charge in [0.25, 0.3) is 0 Å². The number of hydrogen-bond acceptors (Lipinski definition) is 11. The molecule has 5 rings (SSSR count). The molecule has 49 heavy (non-hydrogen) atoms. The maximum Gasteiger partial charge on any atom is 0.303 e. The van der Waals surface area contributed by atoms with Gasteiger partial charge in [0.15, 0.2) is 5.78 Å². The average Bonchev–Trinajstić information content (AvgIpc) is 3.10. The van der Waals surface area contributed by atoms with Crippen molar-refractivity contribution in [1.82, 2.24) is 9.80 Å². The standard InChI is InChI=1S/C38H48N4O7/c1-29(43)37-15-14-34(46-27-35(48-30(2)44)25-39-16-20-41(21-17-39)32-10-6-4-7-11-32)24-38(37)47-28-36(49-31(3)45)26-40-18-22-42(23-19-40)33-12-8-5-9-13-33/h4-15,24,35-36H,16-23,25-28H2,1-3H3. The molecular formula is C38H48N4O7. The van der Waals surface area contributed by atoms with E-state index in [9.17, 15) is 14.4 Å². The topological polar surface area (TPSA) is 101 Å². The van der Waals surface area contributed by atoms with Gasteiger partial charge in [-0.05, 0) is 43.3 Å². The molecule has 262 valence electrons. The highest BCUT2D eigenvalue weighted by Crippen LogP contribution is 2.27. The van der Waals surface area contributed by atoms with Crippen LogP contribution >= 0.6 is 0 Å². The molecule has 2 fully saturated rings. The number of benzene rings is 3. The van der Waals surface area contributed by atoms with Crippen LogP contribution in [-0.4, -0.2) is 118 Å². The van der Waals surface area contributed by atoms with Crippen molar-refractivity contribution in [2.45, 2.75) is 33.0 Å². The molecule has 2 aliphatic heterocycles. The Morgan fingerprint density at radius 2 is 1.04 bits per heavy atom. The number of ketones is 1. The molecule has 0 N–H and O–H groups in total. The van der Waals surface area contributed by atoms with Gasteiger partial charge in [0.2, 0.25) is 0 Å². The van der Waals surface area contributed by atoms with Crippen LogP contribution in [-0.2, 0) is 19.1 Å². The normalized spacial score (nSPS) is 16.8. The summed E-state index contributed by atoms with van der Waals surface area (Å²) < 4.78 is 23.6. The number of para-hydroxylation sites is 2. The highest BCUT2D eigenvalue weighted by molar-refractivity contribution is 5.97. The largest absolute Gasteiger partial charge is 0.490 e. The quantitative estimate of drug-likeness (QED) is 0.172. The smallest absolute Gasteiger partial charge is 0.303 e. The maximum absolute atomic E-state index is 12.5. The second-order valence-electron chi connectivity index (χ2n) is 12.5. The molecule has 11 heteroatoms. The van der Waals surface area contributed by atoms with Crippen LogP contribution in [0.4, 0.5) is 11.4 Å². The summed E-state index contributed by atoms with van der Waals surface area (Å²) in [6.45, 7) is 12.3. The number of esters is 2. The minimum Gasteiger partial charge on any atom is -0.490 e. The van der Waals surface area contributed by atoms with Crippen LogP contribution < -0.4 is 19.3 Å². The Morgan fingerprint density at radius 3 is 1.47 bits per heavy atom. The maximum atomic E-state index is 12.5. The van der Waals surface area contributed by atoms with Crippen LogP contribution in [0.25, 0.3) is 0 Å². The zero-order valence-electron chi connectivity index (χ0n) is 28.8. The van der Waals surface area contributed by atoms with Gasteiger partial charge in [-0.2, -0.15) is 0 Å². The van der Waals surface area contributed by atoms with Gasteiger partial charge in [0, 0.05) is 96.7 Å². The Hall–Kier alpha value is -4.61. The van der Waals surface area contributed by atoms with Gasteiger partial charge in [0.05, 0.1) is 5.56 Å². The summed E-state index contributed by atoms with van der Waals surface area (Å²) >= 11 is 0. The van der Waals surface area contributed by atoms with E-state index in [0.29, 0.717) is 30.2 Å². The molecule has 0 aliphatic carbocycles. The highest BCUT2D eigenvalue weighted by atomic mass is 16.6. The number of carbonyl (C=O) groups excluding carboxylic acids is 3. The summed E-state index contributed by atoms with van der Waals surface area (Å²) in [5, 5.41) is 0. The van der Waals surface area contributed by atoms with Crippen molar-refractivity contribution in [1.29, 1.82) is 0 Å². The van der Waals surface area contributed by atoms with Crippen LogP contribution in [0.15, 0.2) is 78.9 Å². The Balaban J connectivity index is 1.16. The molecule has 11 nitrogen and oxygen atoms in total. The average molecular weight is 673 g/mol. The highest BCUT2D eigenvalue weighted by Gasteiger charge is 2.25. The predicted molar refractivity (Wildman–Crippen MR) is 189 cm³/mol. The summed E-state index contributed by atoms with van der Waals surface area (Å²) in [4.78, 5) is 45.7. The first-order valence-corrected chi connectivity index (χ1v) is 17.0. The Bertz CT molecular complexity index is 1510. The van der Waals surface area contributed by atoms with E-state index in [4.69, 9.17) is 18.9 Å². The van der Waals surface area contributed by atoms with Gasteiger partial charge in [-0.1, -0.05) is 36.4 Å². The van der Waals surface area contributed by atoms with E-state index in [-0.39, 0.29) is 25.0 Å². The van der Waals surface area contributed by atoms with E-state index < -0.39 is 18.2 Å². The molecule has 0 aromatic heterocycles. The molecule has 2 atom stereocenters. The molecule has 2 saturated heterocycles. The Labute approximate surface area is 289 Å². The minimum atomic E-state index is -0.527. The third-order valence-electron chi connectivity index (χ3n) is 8.77. The number of Topliss-reactive ketones (excluding diaryl/α,β-unsaturated/α-hetero) is 1. The third-order valence-corrected chi connectivity index (χ3v) is 8.77. The monoisotopic (exact) mass is 672 g/mol. The number of carbonyl (C=O) groups is 3. The fourth-order valence-electron chi connectivity index (χ4n) is 6.32. The van der Waals surface area contributed by atoms with Crippen molar-refractivity contribution in [2.75, 3.05) is 88.5 Å². The lowest BCUT2D eigenvalue weighted by Gasteiger charge is -2.37. The molecule has 0 radical (unpaired) electrons. The van der Waals surface area contributed by atoms with Crippen LogP contribution in [0.3, 0.4) is 0 Å². The first-order valence-electron chi connectivity index (χ1n) is 17.0. The van der Waals surface area contributed by atoms with E-state index in [2.05, 4.69) is 43.9 Å². The number of anilines is 2. The van der Waals surface area contributed by atoms with Gasteiger partial charge < -0.3 is 28.7 Å². The summed E-state index contributed by atoms with van der Waals surface area (Å²) in [6.07, 6.45) is -1.01. The predicted octanol–water partition coefficient (Wildman–Crippen LogP) is 4.15. The Morgan fingerprint density at radius 1 is 0.592 bits per heavy atom. The molecule has 2 heterocycles. The van der Waals surface area contributed by atoms with Crippen molar-refractivity contribution in [3.8, 4) is 11.5 Å². The molecule has 3 aromatic rings. The van der Waals surface area contributed by atoms with Gasteiger partial charge in [-0.25, -0.2) is 0 Å². The zero-order chi connectivity index (χ0) is 34.6. The SMILES string of the molecule is CC(=O)OC(COc1ccc(C(C)=O)c(OCC(CN2CCN(c3ccccc3)CC2)OC(C)=O)c1)CN1CCN(c2ccccc2)CC1. The first kappa shape index (κ1) is 35.7. The summed E-state index contributed by atoms with van der Waals surface area (Å²) in [6, 6.07) is 25.7. The molecule has 3 aromatic carbocycles. The second kappa shape index (κ2) is 17.7. The number of ether oxygens (including phenoxy) is 4. The van der Waals surface area contributed by atoms with E-state index in [1.54, 1.807) is 18.2 Å². The Kier molecular flexibility index (Phi) is 12.9. The second-order valence-corrected chi connectivity index (χ2v) is 12.5. The molecule has 2 aliphatic rings. The number of rotatable bonds is 15. The van der Waals surface area contributed by atoms with Gasteiger partial charge in [-0.15, -0.1) is 0 Å². The lowest BCUT2D eigenvalue weighted by molar-refractivity contribution is -0.149. The fourth-order valence-corrected chi connectivity index (χ4v) is 6.32. The molecule has 0 spiro atoms. The van der Waals surface area contributed by atoms with E-state index in [1.807, 2.05) is 36.4 Å². The van der Waals surface area contributed by atoms with Crippen molar-refractivity contribution in [2.24, 2.45) is 0 Å². The molecular weight excluding hydrogens is 624 g/mol. The van der Waals surface area contributed by atoms with Crippen LogP contribution in [0.2, 0.25) is 0 Å². The molecule has 2 unspecified atom stereocenters. The lowest BCUT2D eigenvalue weighted by atomic mass is 10.1. The van der Waals surface area contributed by atoms with Crippen molar-refractivity contribution >= 4 is 29.1 Å². The third kappa shape index (κ3) is 11.0. The molecule has 0 saturated carbocycles.